The molecule has 0 radical (unpaired) electrons. The molecule has 35 heavy (non-hydrogen) atoms. The minimum Gasteiger partial charge on any atom is -0.340 e. The van der Waals surface area contributed by atoms with Gasteiger partial charge >= 0.3 is 0 Å². The van der Waals surface area contributed by atoms with Crippen LogP contribution >= 0.6 is 11.8 Å². The fraction of sp³-hybridized carbons (Fsp3) is 0.241. The van der Waals surface area contributed by atoms with E-state index in [1.807, 2.05) is 0 Å². The van der Waals surface area contributed by atoms with E-state index in [4.69, 9.17) is 4.98 Å². The number of nitrogens with one attached hydrogen (secondary N) is 1. The summed E-state index contributed by atoms with van der Waals surface area (Å²) in [6, 6.07) is 31.7. The molecule has 1 N–H and O–H groups in total. The number of aryl methyl sites for hydroxylation is 1. The first-order valence-electron chi connectivity index (χ1n) is 12.0. The predicted molar refractivity (Wildman–Crippen MR) is 144 cm³/mol. The lowest BCUT2D eigenvalue weighted by molar-refractivity contribution is 0.211. The van der Waals surface area contributed by atoms with Crippen LogP contribution in [0.1, 0.15) is 28.4 Å². The quantitative estimate of drug-likeness (QED) is 0.363. The molecule has 1 aliphatic rings. The molecule has 6 heteroatoms. The van der Waals surface area contributed by atoms with E-state index in [1.54, 1.807) is 17.8 Å². The number of thioether (sulfide) groups is 1. The zero-order valence-electron chi connectivity index (χ0n) is 19.9. The summed E-state index contributed by atoms with van der Waals surface area (Å²) in [7, 11) is 0. The van der Waals surface area contributed by atoms with Crippen molar-refractivity contribution in [3.63, 3.8) is 0 Å². The van der Waals surface area contributed by atoms with Crippen LogP contribution in [0, 0.1) is 6.92 Å². The summed E-state index contributed by atoms with van der Waals surface area (Å²) in [5, 5.41) is 0. The fourth-order valence-electron chi connectivity index (χ4n) is 4.59. The summed E-state index contributed by atoms with van der Waals surface area (Å²) in [4.78, 5) is 26.1. The van der Waals surface area contributed by atoms with Crippen molar-refractivity contribution in [2.45, 2.75) is 23.6 Å². The first kappa shape index (κ1) is 23.4. The highest BCUT2D eigenvalue weighted by Gasteiger charge is 2.27. The summed E-state index contributed by atoms with van der Waals surface area (Å²) in [6.07, 6.45) is 0. The Balaban J connectivity index is 1.29. The smallest absolute Gasteiger partial charge is 0.252 e. The van der Waals surface area contributed by atoms with Crippen LogP contribution in [-0.4, -0.2) is 41.0 Å². The molecule has 0 saturated carbocycles. The minimum atomic E-state index is -0.0941. The predicted octanol–water partition coefficient (Wildman–Crippen LogP) is 5.28. The molecule has 5 nitrogen and oxygen atoms in total. The van der Waals surface area contributed by atoms with E-state index in [0.717, 1.165) is 31.9 Å². The third kappa shape index (κ3) is 5.84. The molecular formula is C29H30N4OS. The Bertz CT molecular complexity index is 1240. The number of hydrogen-bond acceptors (Lipinski definition) is 5. The van der Waals surface area contributed by atoms with Crippen LogP contribution < -0.4 is 10.5 Å². The third-order valence-electron chi connectivity index (χ3n) is 6.40. The van der Waals surface area contributed by atoms with Crippen molar-refractivity contribution in [2.75, 3.05) is 31.1 Å². The van der Waals surface area contributed by atoms with Gasteiger partial charge in [-0.1, -0.05) is 78.4 Å². The number of benzene rings is 3. The van der Waals surface area contributed by atoms with Gasteiger partial charge in [0, 0.05) is 42.9 Å². The SMILES string of the molecule is Cc1ccc(SCc2cc(=O)[nH]c(N3CCN(C(c4ccccc4)c4ccccc4)CC3)n2)cc1. The molecule has 5 rings (SSSR count). The summed E-state index contributed by atoms with van der Waals surface area (Å²) in [6.45, 7) is 5.49. The Kier molecular flexibility index (Phi) is 7.31. The fourth-order valence-corrected chi connectivity index (χ4v) is 5.38. The van der Waals surface area contributed by atoms with Gasteiger partial charge in [0.05, 0.1) is 11.7 Å². The van der Waals surface area contributed by atoms with Gasteiger partial charge in [0.25, 0.3) is 5.56 Å². The topological polar surface area (TPSA) is 52.2 Å². The van der Waals surface area contributed by atoms with Gasteiger partial charge in [0.2, 0.25) is 5.95 Å². The van der Waals surface area contributed by atoms with Crippen molar-refractivity contribution >= 4 is 17.7 Å². The number of hydrogen-bond donors (Lipinski definition) is 1. The van der Waals surface area contributed by atoms with Crippen molar-refractivity contribution in [1.29, 1.82) is 0 Å². The van der Waals surface area contributed by atoms with Gasteiger partial charge in [0.1, 0.15) is 0 Å². The summed E-state index contributed by atoms with van der Waals surface area (Å²) in [5.41, 5.74) is 4.56. The minimum absolute atomic E-state index is 0.0941. The van der Waals surface area contributed by atoms with E-state index >= 15 is 0 Å². The highest BCUT2D eigenvalue weighted by molar-refractivity contribution is 7.98. The van der Waals surface area contributed by atoms with Crippen LogP contribution in [0.4, 0.5) is 5.95 Å². The number of aromatic amines is 1. The maximum atomic E-state index is 12.4. The van der Waals surface area contributed by atoms with Crippen molar-refractivity contribution in [3.8, 4) is 0 Å². The second-order valence-electron chi connectivity index (χ2n) is 8.91. The Morgan fingerprint density at radius 1 is 0.857 bits per heavy atom. The van der Waals surface area contributed by atoms with Gasteiger partial charge in [-0.05, 0) is 30.2 Å². The van der Waals surface area contributed by atoms with Gasteiger partial charge in [0.15, 0.2) is 0 Å². The monoisotopic (exact) mass is 482 g/mol. The summed E-state index contributed by atoms with van der Waals surface area (Å²) in [5.74, 6) is 1.34. The molecule has 0 bridgehead atoms. The molecule has 1 aromatic heterocycles. The largest absolute Gasteiger partial charge is 0.340 e. The standard InChI is InChI=1S/C29H30N4OS/c1-22-12-14-26(15-13-22)35-21-25-20-27(34)31-29(30-25)33-18-16-32(17-19-33)28(23-8-4-2-5-9-23)24-10-6-3-7-11-24/h2-15,20,28H,16-19,21H2,1H3,(H,30,31,34). The number of aromatic nitrogens is 2. The molecular weight excluding hydrogens is 452 g/mol. The molecule has 1 saturated heterocycles. The first-order valence-corrected chi connectivity index (χ1v) is 13.0. The molecule has 178 valence electrons. The van der Waals surface area contributed by atoms with Crippen LogP contribution in [0.2, 0.25) is 0 Å². The summed E-state index contributed by atoms with van der Waals surface area (Å²) >= 11 is 1.70. The molecule has 0 amide bonds. The van der Waals surface area contributed by atoms with Crippen LogP contribution in [0.5, 0.6) is 0 Å². The molecule has 2 heterocycles. The van der Waals surface area contributed by atoms with Crippen LogP contribution in [0.15, 0.2) is 101 Å². The zero-order valence-corrected chi connectivity index (χ0v) is 20.7. The molecule has 0 spiro atoms. The average Bonchev–Trinajstić information content (AvgIpc) is 2.90. The van der Waals surface area contributed by atoms with Gasteiger partial charge in [-0.15, -0.1) is 11.8 Å². The van der Waals surface area contributed by atoms with E-state index in [2.05, 4.69) is 107 Å². The van der Waals surface area contributed by atoms with E-state index in [1.165, 1.54) is 21.6 Å². The number of anilines is 1. The van der Waals surface area contributed by atoms with Crippen molar-refractivity contribution < 1.29 is 0 Å². The highest BCUT2D eigenvalue weighted by Crippen LogP contribution is 2.30. The maximum Gasteiger partial charge on any atom is 0.252 e. The maximum absolute atomic E-state index is 12.4. The molecule has 1 aliphatic heterocycles. The van der Waals surface area contributed by atoms with Gasteiger partial charge in [-0.25, -0.2) is 4.98 Å². The third-order valence-corrected chi connectivity index (χ3v) is 7.45. The van der Waals surface area contributed by atoms with Gasteiger partial charge in [-0.3, -0.25) is 14.7 Å². The second-order valence-corrected chi connectivity index (χ2v) is 9.96. The normalized spacial score (nSPS) is 14.4. The highest BCUT2D eigenvalue weighted by atomic mass is 32.2. The Morgan fingerprint density at radius 3 is 2.06 bits per heavy atom. The lowest BCUT2D eigenvalue weighted by Gasteiger charge is -2.40. The first-order chi connectivity index (χ1) is 17.2. The lowest BCUT2D eigenvalue weighted by Crippen LogP contribution is -2.48. The van der Waals surface area contributed by atoms with Crippen LogP contribution in [0.25, 0.3) is 0 Å². The molecule has 0 aliphatic carbocycles. The van der Waals surface area contributed by atoms with Crippen LogP contribution in [0.3, 0.4) is 0 Å². The second kappa shape index (κ2) is 10.9. The number of H-pyrrole nitrogens is 1. The lowest BCUT2D eigenvalue weighted by atomic mass is 9.96. The number of piperazine rings is 1. The zero-order chi connectivity index (χ0) is 24.0. The van der Waals surface area contributed by atoms with E-state index in [-0.39, 0.29) is 11.6 Å². The van der Waals surface area contributed by atoms with Crippen molar-refractivity contribution in [3.05, 3.63) is 124 Å². The van der Waals surface area contributed by atoms with Gasteiger partial charge in [-0.2, -0.15) is 0 Å². The average molecular weight is 483 g/mol. The summed E-state index contributed by atoms with van der Waals surface area (Å²) < 4.78 is 0. The van der Waals surface area contributed by atoms with E-state index in [0.29, 0.717) is 11.7 Å². The van der Waals surface area contributed by atoms with E-state index < -0.39 is 0 Å². The van der Waals surface area contributed by atoms with Crippen LogP contribution in [-0.2, 0) is 5.75 Å². The molecule has 4 aromatic rings. The number of nitrogens with zero attached hydrogens (tertiary/aromatic N) is 3. The van der Waals surface area contributed by atoms with E-state index in [9.17, 15) is 4.79 Å². The molecule has 0 unspecified atom stereocenters. The van der Waals surface area contributed by atoms with Gasteiger partial charge < -0.3 is 4.90 Å². The Morgan fingerprint density at radius 2 is 1.46 bits per heavy atom. The number of rotatable bonds is 7. The molecule has 1 fully saturated rings. The Hall–Kier alpha value is -3.35. The Labute approximate surface area is 210 Å². The molecule has 0 atom stereocenters. The molecule has 3 aromatic carbocycles. The van der Waals surface area contributed by atoms with Crippen molar-refractivity contribution in [2.24, 2.45) is 0 Å². The van der Waals surface area contributed by atoms with Crippen molar-refractivity contribution in [1.82, 2.24) is 14.9 Å².